The summed E-state index contributed by atoms with van der Waals surface area (Å²) in [5.41, 5.74) is 6.91. The second kappa shape index (κ2) is 4.97. The Morgan fingerprint density at radius 3 is 2.93 bits per heavy atom. The second-order valence-electron chi connectivity index (χ2n) is 2.88. The molecule has 8 heteroatoms. The van der Waals surface area contributed by atoms with Gasteiger partial charge < -0.3 is 5.73 Å². The topological polar surface area (TPSA) is 85.1 Å². The van der Waals surface area contributed by atoms with Crippen molar-refractivity contribution in [3.8, 4) is 0 Å². The summed E-state index contributed by atoms with van der Waals surface area (Å²) in [6, 6.07) is 0. The van der Waals surface area contributed by atoms with E-state index in [9.17, 15) is 8.42 Å². The van der Waals surface area contributed by atoms with E-state index in [2.05, 4.69) is 21.9 Å². The van der Waals surface area contributed by atoms with Crippen molar-refractivity contribution >= 4 is 38.6 Å². The summed E-state index contributed by atoms with van der Waals surface area (Å²) in [6.45, 7) is 1.68. The number of aromatic nitrogens is 1. The van der Waals surface area contributed by atoms with E-state index in [0.717, 1.165) is 4.88 Å². The summed E-state index contributed by atoms with van der Waals surface area (Å²) in [5.74, 6) is 0. The third kappa shape index (κ3) is 3.49. The summed E-state index contributed by atoms with van der Waals surface area (Å²) in [4.78, 5) is 4.64. The number of thiazole rings is 1. The van der Waals surface area contributed by atoms with E-state index in [0.29, 0.717) is 0 Å². The van der Waals surface area contributed by atoms with E-state index >= 15 is 0 Å². The molecule has 0 aliphatic carbocycles. The summed E-state index contributed by atoms with van der Waals surface area (Å²) in [7, 11) is -3.47. The summed E-state index contributed by atoms with van der Waals surface area (Å²) >= 11 is 6.01. The normalized spacial score (nSPS) is 13.7. The lowest BCUT2D eigenvalue weighted by atomic mass is 10.5. The minimum atomic E-state index is -3.47. The van der Waals surface area contributed by atoms with Crippen molar-refractivity contribution in [2.45, 2.75) is 18.7 Å². The predicted molar refractivity (Wildman–Crippen MR) is 64.1 cm³/mol. The number of thiocarbonyl (C=S) groups is 1. The molecule has 0 bridgehead atoms. The van der Waals surface area contributed by atoms with Gasteiger partial charge in [0.2, 0.25) is 10.0 Å². The molecular formula is C7H11N3O2S3. The van der Waals surface area contributed by atoms with Gasteiger partial charge in [-0.15, -0.1) is 11.3 Å². The van der Waals surface area contributed by atoms with Gasteiger partial charge in [0.15, 0.2) is 0 Å². The quantitative estimate of drug-likeness (QED) is 0.745. The second-order valence-corrected chi connectivity index (χ2v) is 6.41. The fourth-order valence-corrected chi connectivity index (χ4v) is 2.70. The number of sulfonamides is 1. The van der Waals surface area contributed by atoms with Gasteiger partial charge in [0.1, 0.15) is 5.25 Å². The molecule has 0 saturated heterocycles. The first-order chi connectivity index (χ1) is 6.93. The Morgan fingerprint density at radius 1 is 1.80 bits per heavy atom. The number of nitrogens with two attached hydrogens (primary N) is 1. The number of nitrogens with one attached hydrogen (secondary N) is 1. The number of hydrogen-bond acceptors (Lipinski definition) is 5. The van der Waals surface area contributed by atoms with E-state index in [4.69, 9.17) is 5.73 Å². The molecule has 15 heavy (non-hydrogen) atoms. The van der Waals surface area contributed by atoms with Crippen LogP contribution in [0.1, 0.15) is 11.8 Å². The maximum absolute atomic E-state index is 11.6. The average Bonchev–Trinajstić information content (AvgIpc) is 2.66. The molecule has 84 valence electrons. The van der Waals surface area contributed by atoms with Crippen LogP contribution < -0.4 is 10.5 Å². The predicted octanol–water partition coefficient (Wildman–Crippen LogP) is 0.237. The van der Waals surface area contributed by atoms with Gasteiger partial charge in [0, 0.05) is 17.6 Å². The smallest absolute Gasteiger partial charge is 0.221 e. The number of nitrogens with zero attached hydrogens (tertiary/aromatic N) is 1. The maximum atomic E-state index is 11.6. The lowest BCUT2D eigenvalue weighted by Crippen LogP contribution is -2.39. The van der Waals surface area contributed by atoms with Crippen molar-refractivity contribution in [1.29, 1.82) is 0 Å². The zero-order valence-corrected chi connectivity index (χ0v) is 10.5. The molecule has 3 N–H and O–H groups in total. The fourth-order valence-electron chi connectivity index (χ4n) is 0.779. The molecule has 0 saturated carbocycles. The van der Waals surface area contributed by atoms with E-state index in [1.54, 1.807) is 11.7 Å². The Hall–Kier alpha value is -0.570. The largest absolute Gasteiger partial charge is 0.392 e. The molecule has 1 atom stereocenters. The standard InChI is InChI=1S/C7H11N3O2S3/c1-5(7(8)13)15(11,12)10-3-6-2-9-4-14-6/h2,4-5,10H,3H2,1H3,(H2,8,13). The first kappa shape index (κ1) is 12.5. The van der Waals surface area contributed by atoms with Crippen LogP contribution in [-0.4, -0.2) is 23.6 Å². The molecule has 1 aromatic heterocycles. The van der Waals surface area contributed by atoms with Crippen LogP contribution in [0.5, 0.6) is 0 Å². The van der Waals surface area contributed by atoms with Crippen molar-refractivity contribution in [2.24, 2.45) is 5.73 Å². The van der Waals surface area contributed by atoms with Crippen LogP contribution in [-0.2, 0) is 16.6 Å². The zero-order chi connectivity index (χ0) is 11.5. The first-order valence-corrected chi connectivity index (χ1v) is 6.92. The highest BCUT2D eigenvalue weighted by Gasteiger charge is 2.22. The van der Waals surface area contributed by atoms with Gasteiger partial charge in [-0.1, -0.05) is 12.2 Å². The molecule has 0 spiro atoms. The van der Waals surface area contributed by atoms with Crippen molar-refractivity contribution in [2.75, 3.05) is 0 Å². The molecule has 0 amide bonds. The first-order valence-electron chi connectivity index (χ1n) is 4.08. The monoisotopic (exact) mass is 265 g/mol. The Kier molecular flexibility index (Phi) is 4.14. The van der Waals surface area contributed by atoms with Crippen LogP contribution in [0.25, 0.3) is 0 Å². The van der Waals surface area contributed by atoms with Crippen molar-refractivity contribution < 1.29 is 8.42 Å². The van der Waals surface area contributed by atoms with Crippen LogP contribution in [0.3, 0.4) is 0 Å². The third-order valence-corrected chi connectivity index (χ3v) is 4.81. The Balaban J connectivity index is 2.62. The summed E-state index contributed by atoms with van der Waals surface area (Å²) < 4.78 is 25.6. The van der Waals surface area contributed by atoms with E-state index in [1.807, 2.05) is 0 Å². The highest BCUT2D eigenvalue weighted by atomic mass is 32.2. The minimum Gasteiger partial charge on any atom is -0.392 e. The van der Waals surface area contributed by atoms with Gasteiger partial charge >= 0.3 is 0 Å². The highest BCUT2D eigenvalue weighted by Crippen LogP contribution is 2.06. The highest BCUT2D eigenvalue weighted by molar-refractivity contribution is 7.93. The Bertz CT molecular complexity index is 426. The minimum absolute atomic E-state index is 0.0354. The summed E-state index contributed by atoms with van der Waals surface area (Å²) in [5, 5.41) is -0.861. The maximum Gasteiger partial charge on any atom is 0.221 e. The molecule has 0 aliphatic heterocycles. The van der Waals surface area contributed by atoms with Crippen LogP contribution in [0.2, 0.25) is 0 Å². The van der Waals surface area contributed by atoms with Gasteiger partial charge in [-0.25, -0.2) is 13.1 Å². The molecule has 0 aliphatic rings. The van der Waals surface area contributed by atoms with Crippen LogP contribution in [0, 0.1) is 0 Å². The number of hydrogen-bond donors (Lipinski definition) is 2. The lowest BCUT2D eigenvalue weighted by molar-refractivity contribution is 0.578. The SMILES string of the molecule is CC(C(N)=S)S(=O)(=O)NCc1cncs1. The molecule has 5 nitrogen and oxygen atoms in total. The molecule has 0 aromatic carbocycles. The van der Waals surface area contributed by atoms with Crippen molar-refractivity contribution in [3.63, 3.8) is 0 Å². The molecular weight excluding hydrogens is 254 g/mol. The molecule has 1 unspecified atom stereocenters. The summed E-state index contributed by atoms with van der Waals surface area (Å²) in [6.07, 6.45) is 1.61. The Morgan fingerprint density at radius 2 is 2.47 bits per heavy atom. The zero-order valence-electron chi connectivity index (χ0n) is 8.00. The van der Waals surface area contributed by atoms with Crippen LogP contribution >= 0.6 is 23.6 Å². The lowest BCUT2D eigenvalue weighted by Gasteiger charge is -2.11. The van der Waals surface area contributed by atoms with Crippen molar-refractivity contribution in [1.82, 2.24) is 9.71 Å². The molecule has 1 rings (SSSR count). The van der Waals surface area contributed by atoms with Gasteiger partial charge in [-0.05, 0) is 6.92 Å². The molecule has 0 radical (unpaired) electrons. The number of rotatable bonds is 5. The van der Waals surface area contributed by atoms with Crippen LogP contribution in [0.4, 0.5) is 0 Å². The van der Waals surface area contributed by atoms with Crippen molar-refractivity contribution in [3.05, 3.63) is 16.6 Å². The third-order valence-electron chi connectivity index (χ3n) is 1.80. The molecule has 1 heterocycles. The van der Waals surface area contributed by atoms with Gasteiger partial charge in [-0.3, -0.25) is 4.98 Å². The van der Waals surface area contributed by atoms with Crippen LogP contribution in [0.15, 0.2) is 11.7 Å². The average molecular weight is 265 g/mol. The van der Waals surface area contributed by atoms with Gasteiger partial charge in [0.05, 0.1) is 10.5 Å². The van der Waals surface area contributed by atoms with Gasteiger partial charge in [-0.2, -0.15) is 0 Å². The Labute approximate surface area is 97.8 Å². The fraction of sp³-hybridized carbons (Fsp3) is 0.429. The van der Waals surface area contributed by atoms with E-state index in [-0.39, 0.29) is 11.5 Å². The van der Waals surface area contributed by atoms with E-state index in [1.165, 1.54) is 18.3 Å². The molecule has 1 aromatic rings. The van der Waals surface area contributed by atoms with E-state index < -0.39 is 15.3 Å². The molecule has 0 fully saturated rings. The van der Waals surface area contributed by atoms with Gasteiger partial charge in [0.25, 0.3) is 0 Å².